The Labute approximate surface area is 132 Å². The van der Waals surface area contributed by atoms with Crippen molar-refractivity contribution in [3.63, 3.8) is 0 Å². The summed E-state index contributed by atoms with van der Waals surface area (Å²) in [6.07, 6.45) is 5.43. The molecule has 0 fully saturated rings. The molecule has 1 amide bonds. The van der Waals surface area contributed by atoms with Gasteiger partial charge >= 0.3 is 0 Å². The molecule has 1 aromatic carbocycles. The van der Waals surface area contributed by atoms with Crippen molar-refractivity contribution < 1.29 is 4.79 Å². The van der Waals surface area contributed by atoms with E-state index in [4.69, 9.17) is 0 Å². The van der Waals surface area contributed by atoms with Gasteiger partial charge in [0.2, 0.25) is 5.91 Å². The van der Waals surface area contributed by atoms with Crippen LogP contribution in [-0.2, 0) is 17.6 Å². The molecule has 114 valence electrons. The minimum atomic E-state index is 0.234. The van der Waals surface area contributed by atoms with Crippen LogP contribution in [0.25, 0.3) is 0 Å². The number of carbonyl (C=O) groups excluding carboxylic acids is 1. The second-order valence-corrected chi connectivity index (χ2v) is 6.02. The molecular formula is C19H22N2O. The minimum absolute atomic E-state index is 0.234. The van der Waals surface area contributed by atoms with E-state index in [-0.39, 0.29) is 5.91 Å². The Hall–Kier alpha value is -2.16. The molecule has 22 heavy (non-hydrogen) atoms. The van der Waals surface area contributed by atoms with Gasteiger partial charge in [-0.15, -0.1) is 0 Å². The van der Waals surface area contributed by atoms with E-state index in [9.17, 15) is 4.79 Å². The normalized spacial score (nSPS) is 16.3. The average Bonchev–Trinajstić information content (AvgIpc) is 2.97. The maximum Gasteiger partial charge on any atom is 0.222 e. The van der Waals surface area contributed by atoms with Gasteiger partial charge < -0.3 is 4.90 Å². The number of likely N-dealkylation sites (N-methyl/N-ethyl adjacent to an activating group) is 1. The van der Waals surface area contributed by atoms with Crippen molar-refractivity contribution >= 4 is 5.91 Å². The first kappa shape index (κ1) is 14.8. The molecule has 1 unspecified atom stereocenters. The molecule has 1 aromatic heterocycles. The quantitative estimate of drug-likeness (QED) is 0.848. The highest BCUT2D eigenvalue weighted by molar-refractivity contribution is 5.77. The van der Waals surface area contributed by atoms with Gasteiger partial charge in [0.15, 0.2) is 0 Å². The first-order chi connectivity index (χ1) is 10.7. The molecule has 0 saturated carbocycles. The van der Waals surface area contributed by atoms with Crippen molar-refractivity contribution in [1.29, 1.82) is 0 Å². The Morgan fingerprint density at radius 2 is 2.05 bits per heavy atom. The van der Waals surface area contributed by atoms with E-state index in [1.165, 1.54) is 11.1 Å². The van der Waals surface area contributed by atoms with Crippen molar-refractivity contribution in [3.8, 4) is 0 Å². The monoisotopic (exact) mass is 294 g/mol. The summed E-state index contributed by atoms with van der Waals surface area (Å²) in [6.45, 7) is 0.726. The lowest BCUT2D eigenvalue weighted by Gasteiger charge is -2.19. The SMILES string of the molecule is CN(CCc1ccccn1)C(=O)CC1CCc2ccccc21. The van der Waals surface area contributed by atoms with Crippen LogP contribution in [0, 0.1) is 0 Å². The minimum Gasteiger partial charge on any atom is -0.345 e. The van der Waals surface area contributed by atoms with E-state index >= 15 is 0 Å². The molecule has 1 heterocycles. The van der Waals surface area contributed by atoms with Gasteiger partial charge in [0.1, 0.15) is 0 Å². The number of hydrogen-bond donors (Lipinski definition) is 0. The summed E-state index contributed by atoms with van der Waals surface area (Å²) in [5.41, 5.74) is 3.82. The van der Waals surface area contributed by atoms with Crippen LogP contribution in [0.1, 0.15) is 35.6 Å². The Kier molecular flexibility index (Phi) is 4.52. The second-order valence-electron chi connectivity index (χ2n) is 6.02. The zero-order valence-electron chi connectivity index (χ0n) is 13.0. The third-order valence-electron chi connectivity index (χ3n) is 4.53. The smallest absolute Gasteiger partial charge is 0.222 e. The van der Waals surface area contributed by atoms with Crippen molar-refractivity contribution in [2.75, 3.05) is 13.6 Å². The molecule has 0 spiro atoms. The van der Waals surface area contributed by atoms with Crippen LogP contribution in [0.4, 0.5) is 0 Å². The second kappa shape index (κ2) is 6.73. The zero-order chi connectivity index (χ0) is 15.4. The fourth-order valence-electron chi connectivity index (χ4n) is 3.18. The van der Waals surface area contributed by atoms with Crippen molar-refractivity contribution in [1.82, 2.24) is 9.88 Å². The number of fused-ring (bicyclic) bond motifs is 1. The van der Waals surface area contributed by atoms with E-state index in [1.54, 1.807) is 6.20 Å². The zero-order valence-corrected chi connectivity index (χ0v) is 13.0. The molecule has 0 aliphatic heterocycles. The summed E-state index contributed by atoms with van der Waals surface area (Å²) in [7, 11) is 1.89. The fourth-order valence-corrected chi connectivity index (χ4v) is 3.18. The van der Waals surface area contributed by atoms with E-state index in [0.29, 0.717) is 12.3 Å². The number of amides is 1. The van der Waals surface area contributed by atoms with Crippen LogP contribution in [0.3, 0.4) is 0 Å². The first-order valence-electron chi connectivity index (χ1n) is 7.95. The summed E-state index contributed by atoms with van der Waals surface area (Å²) < 4.78 is 0. The third kappa shape index (κ3) is 3.35. The lowest BCUT2D eigenvalue weighted by molar-refractivity contribution is -0.130. The molecule has 1 aliphatic carbocycles. The largest absolute Gasteiger partial charge is 0.345 e. The number of carbonyl (C=O) groups is 1. The molecule has 3 rings (SSSR count). The lowest BCUT2D eigenvalue weighted by atomic mass is 9.97. The lowest BCUT2D eigenvalue weighted by Crippen LogP contribution is -2.29. The summed E-state index contributed by atoms with van der Waals surface area (Å²) in [6, 6.07) is 14.4. The van der Waals surface area contributed by atoms with Gasteiger partial charge in [0.25, 0.3) is 0 Å². The number of aromatic nitrogens is 1. The third-order valence-corrected chi connectivity index (χ3v) is 4.53. The van der Waals surface area contributed by atoms with E-state index in [2.05, 4.69) is 29.2 Å². The summed E-state index contributed by atoms with van der Waals surface area (Å²) >= 11 is 0. The number of benzene rings is 1. The highest BCUT2D eigenvalue weighted by Crippen LogP contribution is 2.35. The van der Waals surface area contributed by atoms with Crippen LogP contribution >= 0.6 is 0 Å². The summed E-state index contributed by atoms with van der Waals surface area (Å²) in [5, 5.41) is 0. The molecule has 2 aromatic rings. The van der Waals surface area contributed by atoms with Gasteiger partial charge in [0, 0.05) is 38.3 Å². The standard InChI is InChI=1S/C19H22N2O/c1-21(13-11-17-7-4-5-12-20-17)19(22)14-16-10-9-15-6-2-3-8-18(15)16/h2-8,12,16H,9-11,13-14H2,1H3. The van der Waals surface area contributed by atoms with Gasteiger partial charge in [-0.2, -0.15) is 0 Å². The first-order valence-corrected chi connectivity index (χ1v) is 7.95. The van der Waals surface area contributed by atoms with Crippen LogP contribution < -0.4 is 0 Å². The van der Waals surface area contributed by atoms with Crippen LogP contribution in [0.15, 0.2) is 48.7 Å². The topological polar surface area (TPSA) is 33.2 Å². The number of aryl methyl sites for hydroxylation is 1. The molecule has 1 aliphatic rings. The summed E-state index contributed by atoms with van der Waals surface area (Å²) in [4.78, 5) is 18.6. The molecule has 0 bridgehead atoms. The van der Waals surface area contributed by atoms with Crippen molar-refractivity contribution in [2.45, 2.75) is 31.6 Å². The fraction of sp³-hybridized carbons (Fsp3) is 0.368. The average molecular weight is 294 g/mol. The molecule has 3 nitrogen and oxygen atoms in total. The Balaban J connectivity index is 1.54. The van der Waals surface area contributed by atoms with Gasteiger partial charge in [-0.1, -0.05) is 30.3 Å². The van der Waals surface area contributed by atoms with Crippen LogP contribution in [0.2, 0.25) is 0 Å². The predicted octanol–water partition coefficient (Wildman–Crippen LogP) is 3.20. The maximum absolute atomic E-state index is 12.4. The number of pyridine rings is 1. The van der Waals surface area contributed by atoms with Crippen molar-refractivity contribution in [3.05, 3.63) is 65.5 Å². The Bertz CT molecular complexity index is 639. The van der Waals surface area contributed by atoms with Crippen LogP contribution in [-0.4, -0.2) is 29.4 Å². The molecule has 0 radical (unpaired) electrons. The van der Waals surface area contributed by atoms with E-state index in [0.717, 1.165) is 31.5 Å². The molecule has 1 atom stereocenters. The predicted molar refractivity (Wildman–Crippen MR) is 87.7 cm³/mol. The maximum atomic E-state index is 12.4. The summed E-state index contributed by atoms with van der Waals surface area (Å²) in [5.74, 6) is 0.624. The molecule has 3 heteroatoms. The van der Waals surface area contributed by atoms with Gasteiger partial charge in [-0.05, 0) is 42.0 Å². The van der Waals surface area contributed by atoms with Gasteiger partial charge in [-0.3, -0.25) is 9.78 Å². The number of nitrogens with zero attached hydrogens (tertiary/aromatic N) is 2. The van der Waals surface area contributed by atoms with Gasteiger partial charge in [0.05, 0.1) is 0 Å². The van der Waals surface area contributed by atoms with E-state index in [1.807, 2.05) is 30.1 Å². The Morgan fingerprint density at radius 1 is 1.23 bits per heavy atom. The Morgan fingerprint density at radius 3 is 2.86 bits per heavy atom. The highest BCUT2D eigenvalue weighted by atomic mass is 16.2. The van der Waals surface area contributed by atoms with Crippen LogP contribution in [0.5, 0.6) is 0 Å². The van der Waals surface area contributed by atoms with Crippen molar-refractivity contribution in [2.24, 2.45) is 0 Å². The van der Waals surface area contributed by atoms with E-state index < -0.39 is 0 Å². The van der Waals surface area contributed by atoms with Gasteiger partial charge in [-0.25, -0.2) is 0 Å². The molecule has 0 saturated heterocycles. The molecular weight excluding hydrogens is 272 g/mol. The molecule has 0 N–H and O–H groups in total. The number of rotatable bonds is 5. The highest BCUT2D eigenvalue weighted by Gasteiger charge is 2.25. The number of hydrogen-bond acceptors (Lipinski definition) is 2.